The van der Waals surface area contributed by atoms with Crippen LogP contribution in [-0.2, 0) is 6.54 Å². The van der Waals surface area contributed by atoms with E-state index >= 15 is 0 Å². The summed E-state index contributed by atoms with van der Waals surface area (Å²) in [5, 5.41) is 3.57. The average molecular weight is 259 g/mol. The van der Waals surface area contributed by atoms with Crippen molar-refractivity contribution >= 4 is 0 Å². The van der Waals surface area contributed by atoms with Crippen molar-refractivity contribution in [2.75, 3.05) is 6.61 Å². The van der Waals surface area contributed by atoms with Gasteiger partial charge in [-0.1, -0.05) is 44.1 Å². The number of ether oxygens (including phenoxy) is 1. The molecule has 0 saturated carbocycles. The van der Waals surface area contributed by atoms with E-state index in [-0.39, 0.29) is 0 Å². The Morgan fingerprint density at radius 3 is 2.53 bits per heavy atom. The van der Waals surface area contributed by atoms with Crippen molar-refractivity contribution in [3.05, 3.63) is 42.0 Å². The minimum atomic E-state index is 0.630. The molecule has 0 aliphatic heterocycles. The zero-order chi connectivity index (χ0) is 13.3. The van der Waals surface area contributed by atoms with Crippen molar-refractivity contribution in [3.8, 4) is 5.75 Å². The van der Waals surface area contributed by atoms with Crippen LogP contribution in [0, 0.1) is 0 Å². The molecule has 2 nitrogen and oxygen atoms in total. The number of rotatable bonds is 8. The van der Waals surface area contributed by atoms with Crippen LogP contribution >= 0.6 is 0 Å². The molecule has 0 spiro atoms. The Morgan fingerprint density at radius 1 is 1.11 bits per heavy atom. The van der Waals surface area contributed by atoms with Crippen LogP contribution in [0.4, 0.5) is 0 Å². The van der Waals surface area contributed by atoms with E-state index in [4.69, 9.17) is 4.74 Å². The molecular weight excluding hydrogens is 234 g/mol. The quantitative estimate of drug-likeness (QED) is 0.561. The van der Waals surface area contributed by atoms with Gasteiger partial charge in [-0.3, -0.25) is 0 Å². The zero-order valence-electron chi connectivity index (χ0n) is 11.9. The first-order valence-electron chi connectivity index (χ1n) is 7.48. The molecule has 19 heavy (non-hydrogen) atoms. The van der Waals surface area contributed by atoms with Crippen LogP contribution in [0.15, 0.2) is 36.4 Å². The summed E-state index contributed by atoms with van der Waals surface area (Å²) < 4.78 is 5.71. The summed E-state index contributed by atoms with van der Waals surface area (Å²) >= 11 is 0. The van der Waals surface area contributed by atoms with Gasteiger partial charge < -0.3 is 10.1 Å². The van der Waals surface area contributed by atoms with E-state index in [0.717, 1.165) is 25.3 Å². The third kappa shape index (κ3) is 5.07. The van der Waals surface area contributed by atoms with Crippen molar-refractivity contribution in [2.45, 2.75) is 51.6 Å². The molecule has 0 aromatic heterocycles. The van der Waals surface area contributed by atoms with E-state index < -0.39 is 0 Å². The second kappa shape index (κ2) is 8.00. The summed E-state index contributed by atoms with van der Waals surface area (Å²) in [7, 11) is 0. The molecule has 1 aliphatic rings. The topological polar surface area (TPSA) is 21.3 Å². The predicted octanol–water partition coefficient (Wildman–Crippen LogP) is 4.06. The highest BCUT2D eigenvalue weighted by Crippen LogP contribution is 2.14. The lowest BCUT2D eigenvalue weighted by molar-refractivity contribution is 0.306. The molecule has 0 fully saturated rings. The predicted molar refractivity (Wildman–Crippen MR) is 80.5 cm³/mol. The van der Waals surface area contributed by atoms with Gasteiger partial charge in [-0.15, -0.1) is 0 Å². The van der Waals surface area contributed by atoms with Crippen molar-refractivity contribution in [1.29, 1.82) is 0 Å². The Morgan fingerprint density at radius 2 is 1.84 bits per heavy atom. The van der Waals surface area contributed by atoms with Gasteiger partial charge in [0, 0.05) is 12.6 Å². The SMILES string of the molecule is CCCCCOc1ccc(CNC2CC=CC2)cc1. The molecule has 0 heterocycles. The van der Waals surface area contributed by atoms with Crippen LogP contribution in [0.1, 0.15) is 44.6 Å². The number of unbranched alkanes of at least 4 members (excludes halogenated alkanes) is 2. The van der Waals surface area contributed by atoms with Gasteiger partial charge in [0.2, 0.25) is 0 Å². The largest absolute Gasteiger partial charge is 0.494 e. The molecule has 2 rings (SSSR count). The van der Waals surface area contributed by atoms with Gasteiger partial charge in [-0.25, -0.2) is 0 Å². The lowest BCUT2D eigenvalue weighted by atomic mass is 10.2. The third-order valence-electron chi connectivity index (χ3n) is 3.54. The van der Waals surface area contributed by atoms with Gasteiger partial charge in [0.05, 0.1) is 6.61 Å². The minimum Gasteiger partial charge on any atom is -0.494 e. The number of hydrogen-bond donors (Lipinski definition) is 1. The molecular formula is C17H25NO. The molecule has 1 aromatic rings. The molecule has 1 N–H and O–H groups in total. The van der Waals surface area contributed by atoms with Crippen LogP contribution in [-0.4, -0.2) is 12.6 Å². The maximum Gasteiger partial charge on any atom is 0.119 e. The van der Waals surface area contributed by atoms with E-state index in [1.165, 1.54) is 31.2 Å². The fourth-order valence-corrected chi connectivity index (χ4v) is 2.29. The van der Waals surface area contributed by atoms with Crippen molar-refractivity contribution in [1.82, 2.24) is 5.32 Å². The highest BCUT2D eigenvalue weighted by Gasteiger charge is 2.08. The Hall–Kier alpha value is -1.28. The molecule has 0 saturated heterocycles. The fraction of sp³-hybridized carbons (Fsp3) is 0.529. The van der Waals surface area contributed by atoms with Crippen LogP contribution in [0.2, 0.25) is 0 Å². The fourth-order valence-electron chi connectivity index (χ4n) is 2.29. The maximum atomic E-state index is 5.71. The number of nitrogens with one attached hydrogen (secondary N) is 1. The van der Waals surface area contributed by atoms with Gasteiger partial charge >= 0.3 is 0 Å². The van der Waals surface area contributed by atoms with E-state index in [0.29, 0.717) is 6.04 Å². The maximum absolute atomic E-state index is 5.71. The van der Waals surface area contributed by atoms with Gasteiger partial charge in [0.15, 0.2) is 0 Å². The molecule has 1 aromatic carbocycles. The second-order valence-corrected chi connectivity index (χ2v) is 5.22. The number of hydrogen-bond acceptors (Lipinski definition) is 2. The summed E-state index contributed by atoms with van der Waals surface area (Å²) in [5.41, 5.74) is 1.33. The average Bonchev–Trinajstić information content (AvgIpc) is 2.96. The summed E-state index contributed by atoms with van der Waals surface area (Å²) in [5.74, 6) is 0.988. The Labute approximate surface area is 116 Å². The Kier molecular flexibility index (Phi) is 5.96. The molecule has 1 aliphatic carbocycles. The van der Waals surface area contributed by atoms with Crippen molar-refractivity contribution in [3.63, 3.8) is 0 Å². The third-order valence-corrected chi connectivity index (χ3v) is 3.54. The molecule has 0 amide bonds. The van der Waals surface area contributed by atoms with Gasteiger partial charge in [-0.2, -0.15) is 0 Å². The highest BCUT2D eigenvalue weighted by molar-refractivity contribution is 5.27. The number of benzene rings is 1. The summed E-state index contributed by atoms with van der Waals surface area (Å²) in [6, 6.07) is 9.10. The standard InChI is InChI=1S/C17H25NO/c1-2-3-6-13-19-17-11-9-15(10-12-17)14-18-16-7-4-5-8-16/h4-5,9-12,16,18H,2-3,6-8,13-14H2,1H3. The van der Waals surface area contributed by atoms with Gasteiger partial charge in [0.1, 0.15) is 5.75 Å². The van der Waals surface area contributed by atoms with E-state index in [1.54, 1.807) is 0 Å². The van der Waals surface area contributed by atoms with Gasteiger partial charge in [-0.05, 0) is 37.0 Å². The lowest BCUT2D eigenvalue weighted by Crippen LogP contribution is -2.25. The molecule has 0 bridgehead atoms. The van der Waals surface area contributed by atoms with E-state index in [2.05, 4.69) is 48.7 Å². The van der Waals surface area contributed by atoms with Crippen molar-refractivity contribution < 1.29 is 4.74 Å². The minimum absolute atomic E-state index is 0.630. The lowest BCUT2D eigenvalue weighted by Gasteiger charge is -2.12. The van der Waals surface area contributed by atoms with Crippen LogP contribution in [0.3, 0.4) is 0 Å². The monoisotopic (exact) mass is 259 g/mol. The second-order valence-electron chi connectivity index (χ2n) is 5.22. The van der Waals surface area contributed by atoms with Crippen LogP contribution in [0.25, 0.3) is 0 Å². The summed E-state index contributed by atoms with van der Waals surface area (Å²) in [6.45, 7) is 3.99. The Bertz CT molecular complexity index is 375. The zero-order valence-corrected chi connectivity index (χ0v) is 11.9. The Balaban J connectivity index is 1.68. The highest BCUT2D eigenvalue weighted by atomic mass is 16.5. The molecule has 104 valence electrons. The van der Waals surface area contributed by atoms with Crippen LogP contribution < -0.4 is 10.1 Å². The summed E-state index contributed by atoms with van der Waals surface area (Å²) in [4.78, 5) is 0. The van der Waals surface area contributed by atoms with E-state index in [1.807, 2.05) is 0 Å². The van der Waals surface area contributed by atoms with Crippen molar-refractivity contribution in [2.24, 2.45) is 0 Å². The first-order chi connectivity index (χ1) is 9.38. The first-order valence-corrected chi connectivity index (χ1v) is 7.48. The van der Waals surface area contributed by atoms with Gasteiger partial charge in [0.25, 0.3) is 0 Å². The smallest absolute Gasteiger partial charge is 0.119 e. The molecule has 0 unspecified atom stereocenters. The van der Waals surface area contributed by atoms with Crippen LogP contribution in [0.5, 0.6) is 5.75 Å². The first kappa shape index (κ1) is 14.1. The normalized spacial score (nSPS) is 15.0. The van der Waals surface area contributed by atoms with E-state index in [9.17, 15) is 0 Å². The summed E-state index contributed by atoms with van der Waals surface area (Å²) in [6.07, 6.45) is 10.5. The molecule has 0 atom stereocenters. The molecule has 2 heteroatoms. The molecule has 0 radical (unpaired) electrons.